The van der Waals surface area contributed by atoms with Crippen molar-refractivity contribution in [1.82, 2.24) is 9.97 Å². The molecule has 0 amide bonds. The molecule has 0 bridgehead atoms. The van der Waals surface area contributed by atoms with Crippen molar-refractivity contribution >= 4 is 18.6 Å². The molecule has 0 aliphatic rings. The molecule has 0 saturated carbocycles. The first kappa shape index (κ1) is 10.4. The Balaban J connectivity index is 2.50. The predicted molar refractivity (Wildman–Crippen MR) is 56.6 cm³/mol. The maximum atomic E-state index is 11.0. The zero-order valence-electron chi connectivity index (χ0n) is 8.08. The summed E-state index contributed by atoms with van der Waals surface area (Å²) in [4.78, 5) is 25.1. The van der Waals surface area contributed by atoms with Gasteiger partial charge in [-0.15, -0.1) is 0 Å². The molecular formula is C9H11N2O3P. The third-order valence-corrected chi connectivity index (χ3v) is 3.56. The lowest BCUT2D eigenvalue weighted by atomic mass is 10.3. The molecule has 2 aromatic rings. The molecule has 0 aliphatic carbocycles. The van der Waals surface area contributed by atoms with Crippen LogP contribution in [-0.4, -0.2) is 19.8 Å². The molecule has 2 rings (SSSR count). The van der Waals surface area contributed by atoms with Gasteiger partial charge < -0.3 is 14.8 Å². The predicted octanol–water partition coefficient (Wildman–Crippen LogP) is 1.80. The van der Waals surface area contributed by atoms with Gasteiger partial charge in [0.15, 0.2) is 0 Å². The summed E-state index contributed by atoms with van der Waals surface area (Å²) in [5, 5.41) is 0. The summed E-state index contributed by atoms with van der Waals surface area (Å²) < 4.78 is 11.0. The third-order valence-electron chi connectivity index (χ3n) is 2.31. The van der Waals surface area contributed by atoms with Crippen molar-refractivity contribution < 1.29 is 14.4 Å². The number of aromatic nitrogens is 2. The quantitative estimate of drug-likeness (QED) is 0.681. The summed E-state index contributed by atoms with van der Waals surface area (Å²) in [7, 11) is -4.13. The van der Waals surface area contributed by atoms with E-state index in [9.17, 15) is 4.57 Å². The second-order valence-electron chi connectivity index (χ2n) is 3.40. The highest BCUT2D eigenvalue weighted by molar-refractivity contribution is 7.52. The summed E-state index contributed by atoms with van der Waals surface area (Å²) >= 11 is 0. The van der Waals surface area contributed by atoms with Gasteiger partial charge in [0, 0.05) is 0 Å². The molecule has 0 radical (unpaired) electrons. The Morgan fingerprint density at radius 2 is 2.07 bits per heavy atom. The fraction of sp³-hybridized carbons (Fsp3) is 0.222. The molecule has 5 nitrogen and oxygen atoms in total. The van der Waals surface area contributed by atoms with Crippen LogP contribution >= 0.6 is 7.60 Å². The number of aromatic amines is 1. The minimum Gasteiger partial charge on any atom is -0.341 e. The third kappa shape index (κ3) is 1.95. The minimum absolute atomic E-state index is 0.324. The highest BCUT2D eigenvalue weighted by Gasteiger charge is 2.28. The Morgan fingerprint density at radius 3 is 2.67 bits per heavy atom. The lowest BCUT2D eigenvalue weighted by Crippen LogP contribution is -1.96. The second-order valence-corrected chi connectivity index (χ2v) is 5.36. The molecule has 80 valence electrons. The Hall–Kier alpha value is -1.16. The summed E-state index contributed by atoms with van der Waals surface area (Å²) in [5.74, 6) is 0.324. The Bertz CT molecular complexity index is 498. The lowest BCUT2D eigenvalue weighted by Gasteiger charge is -2.09. The molecule has 0 fully saturated rings. The molecule has 3 N–H and O–H groups in total. The molecule has 1 unspecified atom stereocenters. The Morgan fingerprint density at radius 1 is 1.40 bits per heavy atom. The topological polar surface area (TPSA) is 86.2 Å². The molecule has 6 heteroatoms. The number of nitrogens with zero attached hydrogens (tertiary/aromatic N) is 1. The van der Waals surface area contributed by atoms with Crippen molar-refractivity contribution in [3.63, 3.8) is 0 Å². The molecular weight excluding hydrogens is 215 g/mol. The van der Waals surface area contributed by atoms with Crippen molar-refractivity contribution in [2.45, 2.75) is 12.6 Å². The Kier molecular flexibility index (Phi) is 2.38. The summed E-state index contributed by atoms with van der Waals surface area (Å²) in [6.45, 7) is 1.46. The summed E-state index contributed by atoms with van der Waals surface area (Å²) in [6.07, 6.45) is 0. The van der Waals surface area contributed by atoms with Crippen LogP contribution in [0.3, 0.4) is 0 Å². The van der Waals surface area contributed by atoms with Crippen molar-refractivity contribution in [3.8, 4) is 0 Å². The molecule has 0 saturated heterocycles. The van der Waals surface area contributed by atoms with Crippen molar-refractivity contribution in [2.75, 3.05) is 0 Å². The van der Waals surface area contributed by atoms with E-state index in [1.165, 1.54) is 6.92 Å². The van der Waals surface area contributed by atoms with Crippen LogP contribution in [0.25, 0.3) is 11.0 Å². The number of benzene rings is 1. The largest absolute Gasteiger partial charge is 0.341 e. The number of hydrogen-bond donors (Lipinski definition) is 3. The number of nitrogens with one attached hydrogen (secondary N) is 1. The number of imidazole rings is 1. The molecule has 1 atom stereocenters. The van der Waals surface area contributed by atoms with Crippen LogP contribution in [0.5, 0.6) is 0 Å². The molecule has 1 aromatic heterocycles. The van der Waals surface area contributed by atoms with Gasteiger partial charge in [0.1, 0.15) is 11.5 Å². The zero-order chi connectivity index (χ0) is 11.1. The molecule has 1 heterocycles. The van der Waals surface area contributed by atoms with Gasteiger partial charge in [-0.05, 0) is 19.1 Å². The van der Waals surface area contributed by atoms with Crippen LogP contribution in [-0.2, 0) is 4.57 Å². The SMILES string of the molecule is CC(c1nc2ccccc2[nH]1)P(=O)(O)O. The van der Waals surface area contributed by atoms with Crippen LogP contribution in [0.1, 0.15) is 18.4 Å². The van der Waals surface area contributed by atoms with E-state index in [1.807, 2.05) is 18.2 Å². The summed E-state index contributed by atoms with van der Waals surface area (Å²) in [5.41, 5.74) is 0.602. The van der Waals surface area contributed by atoms with E-state index in [4.69, 9.17) is 9.79 Å². The van der Waals surface area contributed by atoms with E-state index in [0.29, 0.717) is 11.3 Å². The zero-order valence-corrected chi connectivity index (χ0v) is 8.98. The first-order valence-electron chi connectivity index (χ1n) is 4.48. The molecule has 15 heavy (non-hydrogen) atoms. The van der Waals surface area contributed by atoms with Gasteiger partial charge >= 0.3 is 7.60 Å². The minimum atomic E-state index is -4.13. The average molecular weight is 226 g/mol. The highest BCUT2D eigenvalue weighted by Crippen LogP contribution is 2.50. The van der Waals surface area contributed by atoms with Gasteiger partial charge in [-0.25, -0.2) is 4.98 Å². The highest BCUT2D eigenvalue weighted by atomic mass is 31.2. The normalized spacial score (nSPS) is 14.3. The second kappa shape index (κ2) is 3.45. The van der Waals surface area contributed by atoms with Crippen molar-refractivity contribution in [3.05, 3.63) is 30.1 Å². The van der Waals surface area contributed by atoms with E-state index in [1.54, 1.807) is 6.07 Å². The molecule has 0 aliphatic heterocycles. The van der Waals surface area contributed by atoms with Gasteiger partial charge in [0.2, 0.25) is 0 Å². The van der Waals surface area contributed by atoms with Crippen LogP contribution in [0.2, 0.25) is 0 Å². The van der Waals surface area contributed by atoms with E-state index < -0.39 is 13.3 Å². The van der Waals surface area contributed by atoms with Gasteiger partial charge in [-0.3, -0.25) is 4.57 Å². The van der Waals surface area contributed by atoms with Crippen LogP contribution in [0.4, 0.5) is 0 Å². The molecule has 0 spiro atoms. The smallest absolute Gasteiger partial charge is 0.335 e. The van der Waals surface area contributed by atoms with E-state index >= 15 is 0 Å². The number of H-pyrrole nitrogens is 1. The van der Waals surface area contributed by atoms with E-state index in [-0.39, 0.29) is 0 Å². The molecule has 1 aromatic carbocycles. The first-order valence-corrected chi connectivity index (χ1v) is 6.16. The van der Waals surface area contributed by atoms with Crippen LogP contribution in [0, 0.1) is 0 Å². The van der Waals surface area contributed by atoms with E-state index in [0.717, 1.165) is 5.52 Å². The van der Waals surface area contributed by atoms with E-state index in [2.05, 4.69) is 9.97 Å². The maximum absolute atomic E-state index is 11.0. The first-order chi connectivity index (χ1) is 6.98. The fourth-order valence-electron chi connectivity index (χ4n) is 1.33. The van der Waals surface area contributed by atoms with Gasteiger partial charge in [0.05, 0.1) is 11.0 Å². The number of para-hydroxylation sites is 2. The van der Waals surface area contributed by atoms with Gasteiger partial charge in [0.25, 0.3) is 0 Å². The van der Waals surface area contributed by atoms with Crippen LogP contribution in [0.15, 0.2) is 24.3 Å². The monoisotopic (exact) mass is 226 g/mol. The standard InChI is InChI=1S/C9H11N2O3P/c1-6(15(12,13)14)9-10-7-4-2-3-5-8(7)11-9/h2-6H,1H3,(H,10,11)(H2,12,13,14). The fourth-order valence-corrected chi connectivity index (χ4v) is 1.77. The average Bonchev–Trinajstić information content (AvgIpc) is 2.58. The van der Waals surface area contributed by atoms with Gasteiger partial charge in [-0.1, -0.05) is 12.1 Å². The van der Waals surface area contributed by atoms with Crippen molar-refractivity contribution in [2.24, 2.45) is 0 Å². The lowest BCUT2D eigenvalue weighted by molar-refractivity contribution is 0.360. The van der Waals surface area contributed by atoms with Gasteiger partial charge in [-0.2, -0.15) is 0 Å². The number of fused-ring (bicyclic) bond motifs is 1. The number of rotatable bonds is 2. The van der Waals surface area contributed by atoms with Crippen LogP contribution < -0.4 is 0 Å². The number of hydrogen-bond acceptors (Lipinski definition) is 2. The maximum Gasteiger partial charge on any atom is 0.335 e. The Labute approximate surface area is 86.3 Å². The van der Waals surface area contributed by atoms with Crippen molar-refractivity contribution in [1.29, 1.82) is 0 Å². The summed E-state index contributed by atoms with van der Waals surface area (Å²) in [6, 6.07) is 7.28.